The Labute approximate surface area is 93.7 Å². The maximum Gasteiger partial charge on any atom is 0.230 e. The molecule has 0 aromatic heterocycles. The van der Waals surface area contributed by atoms with Gasteiger partial charge in [0.25, 0.3) is 0 Å². The fraction of sp³-hybridized carbons (Fsp3) is 0.500. The van der Waals surface area contributed by atoms with Crippen LogP contribution in [0.5, 0.6) is 0 Å². The topological polar surface area (TPSA) is 70.0 Å². The molecule has 0 atom stereocenters. The lowest BCUT2D eigenvalue weighted by Crippen LogP contribution is -2.34. The van der Waals surface area contributed by atoms with Crippen LogP contribution >= 0.6 is 11.8 Å². The van der Waals surface area contributed by atoms with Crippen LogP contribution < -0.4 is 5.32 Å². The molecule has 0 aromatic carbocycles. The summed E-state index contributed by atoms with van der Waals surface area (Å²) in [5.74, 6) is -0.221. The summed E-state index contributed by atoms with van der Waals surface area (Å²) in [7, 11) is 0. The van der Waals surface area contributed by atoms with Crippen LogP contribution in [0.25, 0.3) is 0 Å². The third kappa shape index (κ3) is 4.17. The summed E-state index contributed by atoms with van der Waals surface area (Å²) in [5.41, 5.74) is -0.607. The van der Waals surface area contributed by atoms with Crippen molar-refractivity contribution in [1.29, 1.82) is 5.26 Å². The Balaban J connectivity index is 4.92. The lowest BCUT2D eigenvalue weighted by molar-refractivity contribution is -0.127. The third-order valence-electron chi connectivity index (χ3n) is 1.60. The monoisotopic (exact) mass is 226 g/mol. The minimum absolute atomic E-state index is 0.0555. The molecule has 0 bridgehead atoms. The molecule has 0 fully saturated rings. The Morgan fingerprint density at radius 1 is 1.47 bits per heavy atom. The molecule has 0 saturated carbocycles. The summed E-state index contributed by atoms with van der Waals surface area (Å²) in [6.45, 7) is 5.27. The second-order valence-electron chi connectivity index (χ2n) is 3.88. The Morgan fingerprint density at radius 2 is 2.00 bits per heavy atom. The number of thioether (sulfide) groups is 1. The van der Waals surface area contributed by atoms with Gasteiger partial charge in [-0.2, -0.15) is 5.26 Å². The van der Waals surface area contributed by atoms with Crippen molar-refractivity contribution in [1.82, 2.24) is 5.32 Å². The molecule has 15 heavy (non-hydrogen) atoms. The molecule has 0 radical (unpaired) electrons. The number of rotatable bonds is 3. The molecule has 82 valence electrons. The van der Waals surface area contributed by atoms with Crippen molar-refractivity contribution in [2.75, 3.05) is 6.26 Å². The maximum atomic E-state index is 11.6. The first-order valence-electron chi connectivity index (χ1n) is 4.31. The molecule has 0 saturated heterocycles. The summed E-state index contributed by atoms with van der Waals surface area (Å²) >= 11 is 1.17. The molecule has 0 aliphatic rings. The number of nitriles is 1. The first-order valence-corrected chi connectivity index (χ1v) is 5.54. The van der Waals surface area contributed by atoms with E-state index in [9.17, 15) is 9.59 Å². The second-order valence-corrected chi connectivity index (χ2v) is 4.70. The average molecular weight is 226 g/mol. The highest BCUT2D eigenvalue weighted by molar-refractivity contribution is 8.02. The zero-order valence-corrected chi connectivity index (χ0v) is 10.1. The van der Waals surface area contributed by atoms with Crippen molar-refractivity contribution in [3.63, 3.8) is 0 Å². The average Bonchev–Trinajstić information content (AvgIpc) is 2.16. The van der Waals surface area contributed by atoms with E-state index in [0.29, 0.717) is 11.3 Å². The molecule has 0 unspecified atom stereocenters. The Kier molecular flexibility index (Phi) is 5.09. The Hall–Kier alpha value is -1.28. The highest BCUT2D eigenvalue weighted by atomic mass is 32.2. The van der Waals surface area contributed by atoms with Crippen molar-refractivity contribution in [2.24, 2.45) is 5.41 Å². The van der Waals surface area contributed by atoms with Gasteiger partial charge in [-0.1, -0.05) is 20.8 Å². The van der Waals surface area contributed by atoms with E-state index in [1.165, 1.54) is 11.8 Å². The van der Waals surface area contributed by atoms with Gasteiger partial charge in [-0.05, 0) is 6.26 Å². The van der Waals surface area contributed by atoms with Crippen molar-refractivity contribution in [3.8, 4) is 6.07 Å². The molecule has 0 rings (SSSR count). The minimum Gasteiger partial charge on any atom is -0.319 e. The number of carbonyl (C=O) groups is 2. The fourth-order valence-electron chi connectivity index (χ4n) is 0.650. The van der Waals surface area contributed by atoms with Crippen LogP contribution in [0.2, 0.25) is 0 Å². The summed E-state index contributed by atoms with van der Waals surface area (Å²) in [6.07, 6.45) is 2.13. The van der Waals surface area contributed by atoms with E-state index >= 15 is 0 Å². The van der Waals surface area contributed by atoms with Crippen LogP contribution in [-0.4, -0.2) is 18.4 Å². The summed E-state index contributed by atoms with van der Waals surface area (Å²) in [6, 6.07) is 1.74. The zero-order chi connectivity index (χ0) is 12.1. The van der Waals surface area contributed by atoms with E-state index in [0.717, 1.165) is 0 Å². The molecule has 0 heterocycles. The quantitative estimate of drug-likeness (QED) is 0.449. The first kappa shape index (κ1) is 13.7. The van der Waals surface area contributed by atoms with Gasteiger partial charge in [0.2, 0.25) is 5.91 Å². The molecule has 0 spiro atoms. The number of nitrogens with one attached hydrogen (secondary N) is 1. The molecule has 5 heteroatoms. The van der Waals surface area contributed by atoms with E-state index < -0.39 is 5.41 Å². The van der Waals surface area contributed by atoms with Crippen LogP contribution in [0.1, 0.15) is 20.8 Å². The number of amides is 1. The SMILES string of the molecule is CS/C(NC(=O)C(C)(C)C)=C(/C#N)C=O. The number of aldehydes is 1. The predicted molar refractivity (Wildman–Crippen MR) is 59.8 cm³/mol. The zero-order valence-electron chi connectivity index (χ0n) is 9.25. The molecule has 0 aliphatic heterocycles. The predicted octanol–water partition coefficient (Wildman–Crippen LogP) is 1.45. The summed E-state index contributed by atoms with van der Waals surface area (Å²) < 4.78 is 0. The van der Waals surface area contributed by atoms with E-state index in [4.69, 9.17) is 5.26 Å². The maximum absolute atomic E-state index is 11.6. The van der Waals surface area contributed by atoms with Crippen molar-refractivity contribution in [2.45, 2.75) is 20.8 Å². The van der Waals surface area contributed by atoms with Gasteiger partial charge in [-0.15, -0.1) is 11.8 Å². The van der Waals surface area contributed by atoms with Crippen LogP contribution in [0, 0.1) is 16.7 Å². The number of carbonyl (C=O) groups excluding carboxylic acids is 2. The van der Waals surface area contributed by atoms with Crippen LogP contribution in [0.4, 0.5) is 0 Å². The lowest BCUT2D eigenvalue weighted by atomic mass is 9.96. The summed E-state index contributed by atoms with van der Waals surface area (Å²) in [4.78, 5) is 22.1. The van der Waals surface area contributed by atoms with Crippen molar-refractivity contribution < 1.29 is 9.59 Å². The number of hydrogen-bond acceptors (Lipinski definition) is 4. The van der Waals surface area contributed by atoms with Gasteiger partial charge in [0.15, 0.2) is 6.29 Å². The first-order chi connectivity index (χ1) is 6.86. The van der Waals surface area contributed by atoms with E-state index in [-0.39, 0.29) is 11.5 Å². The lowest BCUT2D eigenvalue weighted by Gasteiger charge is -2.18. The smallest absolute Gasteiger partial charge is 0.230 e. The van der Waals surface area contributed by atoms with Crippen LogP contribution in [0.3, 0.4) is 0 Å². The molecule has 1 N–H and O–H groups in total. The minimum atomic E-state index is -0.551. The van der Waals surface area contributed by atoms with Gasteiger partial charge in [-0.25, -0.2) is 0 Å². The molecule has 0 aromatic rings. The summed E-state index contributed by atoms with van der Waals surface area (Å²) in [5, 5.41) is 11.5. The van der Waals surface area contributed by atoms with E-state index in [1.54, 1.807) is 33.1 Å². The Bertz CT molecular complexity index is 334. The van der Waals surface area contributed by atoms with Gasteiger partial charge >= 0.3 is 0 Å². The van der Waals surface area contributed by atoms with Gasteiger partial charge in [-0.3, -0.25) is 9.59 Å². The van der Waals surface area contributed by atoms with E-state index in [2.05, 4.69) is 5.32 Å². The van der Waals surface area contributed by atoms with E-state index in [1.807, 2.05) is 0 Å². The fourth-order valence-corrected chi connectivity index (χ4v) is 1.16. The molecule has 1 amide bonds. The molecular formula is C10H14N2O2S. The molecule has 0 aliphatic carbocycles. The number of hydrogen-bond donors (Lipinski definition) is 1. The third-order valence-corrected chi connectivity index (χ3v) is 2.33. The largest absolute Gasteiger partial charge is 0.319 e. The molecular weight excluding hydrogens is 212 g/mol. The van der Waals surface area contributed by atoms with Gasteiger partial charge in [0.1, 0.15) is 11.6 Å². The normalized spacial score (nSPS) is 12.5. The van der Waals surface area contributed by atoms with Crippen LogP contribution in [-0.2, 0) is 9.59 Å². The van der Waals surface area contributed by atoms with Crippen molar-refractivity contribution >= 4 is 24.0 Å². The van der Waals surface area contributed by atoms with Gasteiger partial charge in [0, 0.05) is 5.41 Å². The highest BCUT2D eigenvalue weighted by Gasteiger charge is 2.22. The highest BCUT2D eigenvalue weighted by Crippen LogP contribution is 2.18. The Morgan fingerprint density at radius 3 is 2.27 bits per heavy atom. The number of nitrogens with zero attached hydrogens (tertiary/aromatic N) is 1. The van der Waals surface area contributed by atoms with Crippen LogP contribution in [0.15, 0.2) is 10.6 Å². The van der Waals surface area contributed by atoms with Crippen molar-refractivity contribution in [3.05, 3.63) is 10.6 Å². The standard InChI is InChI=1S/C10H14N2O2S/c1-10(2,3)9(14)12-8(15-4)7(5-11)6-13/h6H,1-4H3,(H,12,14)/b8-7-. The second kappa shape index (κ2) is 5.56. The van der Waals surface area contributed by atoms with Gasteiger partial charge < -0.3 is 5.32 Å². The molecule has 4 nitrogen and oxygen atoms in total. The van der Waals surface area contributed by atoms with Gasteiger partial charge in [0.05, 0.1) is 5.03 Å². The number of allylic oxidation sites excluding steroid dienone is 1.